The second-order valence-electron chi connectivity index (χ2n) is 9.41. The minimum atomic E-state index is -1.01. The second kappa shape index (κ2) is 11.2. The molecule has 0 saturated heterocycles. The van der Waals surface area contributed by atoms with Gasteiger partial charge in [0.15, 0.2) is 23.1 Å². The predicted octanol–water partition coefficient (Wildman–Crippen LogP) is 7.66. The van der Waals surface area contributed by atoms with Crippen molar-refractivity contribution >= 4 is 0 Å². The Balaban J connectivity index is 1.35. The van der Waals surface area contributed by atoms with Crippen LogP contribution in [0.5, 0.6) is 11.5 Å². The van der Waals surface area contributed by atoms with Gasteiger partial charge in [-0.25, -0.2) is 8.78 Å². The number of aliphatic hydroxyl groups excluding tert-OH is 1. The molecule has 2 N–H and O–H groups in total. The van der Waals surface area contributed by atoms with Gasteiger partial charge in [0, 0.05) is 5.56 Å². The van der Waals surface area contributed by atoms with E-state index in [-0.39, 0.29) is 35.5 Å². The molecule has 0 aromatic heterocycles. The van der Waals surface area contributed by atoms with Crippen molar-refractivity contribution < 1.29 is 28.1 Å². The summed E-state index contributed by atoms with van der Waals surface area (Å²) in [5, 5.41) is 19.5. The van der Waals surface area contributed by atoms with Gasteiger partial charge in [0.25, 0.3) is 0 Å². The molecule has 0 aliphatic heterocycles. The smallest absolute Gasteiger partial charge is 0.201 e. The lowest BCUT2D eigenvalue weighted by Gasteiger charge is -2.29. The molecule has 0 amide bonds. The summed E-state index contributed by atoms with van der Waals surface area (Å²) in [4.78, 5) is 0. The van der Waals surface area contributed by atoms with E-state index in [1.165, 1.54) is 24.3 Å². The number of ether oxygens (including phenoxy) is 1. The van der Waals surface area contributed by atoms with Crippen LogP contribution < -0.4 is 4.74 Å². The molecular formula is C29H31F3O3. The Morgan fingerprint density at radius 3 is 2.29 bits per heavy atom. The molecule has 4 rings (SSSR count). The third kappa shape index (κ3) is 5.81. The quantitative estimate of drug-likeness (QED) is 0.345. The summed E-state index contributed by atoms with van der Waals surface area (Å²) in [7, 11) is 0. The molecule has 6 heteroatoms. The third-order valence-corrected chi connectivity index (χ3v) is 6.98. The highest BCUT2D eigenvalue weighted by Crippen LogP contribution is 2.38. The first kappa shape index (κ1) is 25.1. The van der Waals surface area contributed by atoms with Crippen LogP contribution in [0.2, 0.25) is 0 Å². The van der Waals surface area contributed by atoms with Crippen LogP contribution in [-0.4, -0.2) is 16.8 Å². The average Bonchev–Trinajstić information content (AvgIpc) is 2.87. The zero-order valence-electron chi connectivity index (χ0n) is 19.8. The molecule has 0 heterocycles. The molecule has 1 atom stereocenters. The summed E-state index contributed by atoms with van der Waals surface area (Å²) in [6.07, 6.45) is 4.30. The van der Waals surface area contributed by atoms with Crippen molar-refractivity contribution in [3.05, 3.63) is 83.2 Å². The Bertz CT molecular complexity index is 1140. The molecule has 1 aliphatic rings. The van der Waals surface area contributed by atoms with E-state index >= 15 is 0 Å². The Morgan fingerprint density at radius 1 is 0.914 bits per heavy atom. The van der Waals surface area contributed by atoms with Crippen molar-refractivity contribution in [2.24, 2.45) is 5.92 Å². The largest absolute Gasteiger partial charge is 0.505 e. The zero-order chi connectivity index (χ0) is 24.9. The van der Waals surface area contributed by atoms with E-state index < -0.39 is 23.6 Å². The number of aliphatic hydroxyl groups is 1. The molecule has 35 heavy (non-hydrogen) atoms. The van der Waals surface area contributed by atoms with Crippen molar-refractivity contribution in [3.63, 3.8) is 0 Å². The zero-order valence-corrected chi connectivity index (χ0v) is 19.8. The Kier molecular flexibility index (Phi) is 8.01. The van der Waals surface area contributed by atoms with E-state index in [9.17, 15) is 23.4 Å². The maximum absolute atomic E-state index is 14.8. The lowest BCUT2D eigenvalue weighted by atomic mass is 9.79. The summed E-state index contributed by atoms with van der Waals surface area (Å²) in [6, 6.07) is 14.3. The Hall–Kier alpha value is -2.99. The summed E-state index contributed by atoms with van der Waals surface area (Å²) < 4.78 is 48.9. The fourth-order valence-electron chi connectivity index (χ4n) is 4.84. The van der Waals surface area contributed by atoms with Crippen LogP contribution in [0.1, 0.15) is 68.6 Å². The monoisotopic (exact) mass is 484 g/mol. The first-order chi connectivity index (χ1) is 16.9. The molecule has 0 bridgehead atoms. The second-order valence-corrected chi connectivity index (χ2v) is 9.41. The first-order valence-electron chi connectivity index (χ1n) is 12.2. The van der Waals surface area contributed by atoms with Crippen LogP contribution in [0.15, 0.2) is 54.6 Å². The Morgan fingerprint density at radius 2 is 1.63 bits per heavy atom. The third-order valence-electron chi connectivity index (χ3n) is 6.98. The molecule has 0 radical (unpaired) electrons. The number of hydrogen-bond donors (Lipinski definition) is 2. The van der Waals surface area contributed by atoms with Gasteiger partial charge in [-0.05, 0) is 84.9 Å². The van der Waals surface area contributed by atoms with Crippen molar-refractivity contribution in [1.82, 2.24) is 0 Å². The van der Waals surface area contributed by atoms with Gasteiger partial charge in [-0.2, -0.15) is 4.39 Å². The number of aromatic hydroxyl groups is 1. The molecule has 1 saturated carbocycles. The fraction of sp³-hybridized carbons (Fsp3) is 0.379. The van der Waals surface area contributed by atoms with Crippen LogP contribution in [0.25, 0.3) is 11.1 Å². The highest BCUT2D eigenvalue weighted by Gasteiger charge is 2.24. The standard InChI is InChI=1S/C29H31F3O3/c1-2-3-25(33)21-10-8-20(9-11-21)23-13-15-27(29(32)28(23)31)35-17-18-4-6-19(7-5-18)22-12-14-26(34)24(30)16-22/h8-16,18-19,25,33-34H,2-7,17H2,1H3. The van der Waals surface area contributed by atoms with Crippen LogP contribution in [0, 0.1) is 23.4 Å². The SMILES string of the molecule is CCCC(O)c1ccc(-c2ccc(OCC3CCC(c4ccc(O)c(F)c4)CC3)c(F)c2F)cc1. The van der Waals surface area contributed by atoms with E-state index in [0.29, 0.717) is 12.0 Å². The normalized spacial score (nSPS) is 18.9. The number of rotatable bonds is 8. The van der Waals surface area contributed by atoms with Crippen LogP contribution in [0.4, 0.5) is 13.2 Å². The molecule has 3 nitrogen and oxygen atoms in total. The van der Waals surface area contributed by atoms with E-state index in [2.05, 4.69) is 0 Å². The first-order valence-corrected chi connectivity index (χ1v) is 12.2. The van der Waals surface area contributed by atoms with Crippen LogP contribution in [0.3, 0.4) is 0 Å². The maximum atomic E-state index is 14.8. The summed E-state index contributed by atoms with van der Waals surface area (Å²) >= 11 is 0. The van der Waals surface area contributed by atoms with Gasteiger partial charge in [-0.15, -0.1) is 0 Å². The summed E-state index contributed by atoms with van der Waals surface area (Å²) in [5.41, 5.74) is 2.30. The van der Waals surface area contributed by atoms with Gasteiger partial charge in [0.05, 0.1) is 12.7 Å². The number of hydrogen-bond acceptors (Lipinski definition) is 3. The number of halogens is 3. The van der Waals surface area contributed by atoms with Gasteiger partial charge < -0.3 is 14.9 Å². The van der Waals surface area contributed by atoms with E-state index in [0.717, 1.165) is 43.2 Å². The van der Waals surface area contributed by atoms with Gasteiger partial charge in [0.2, 0.25) is 5.82 Å². The minimum Gasteiger partial charge on any atom is -0.505 e. The average molecular weight is 485 g/mol. The lowest BCUT2D eigenvalue weighted by molar-refractivity contribution is 0.166. The lowest BCUT2D eigenvalue weighted by Crippen LogP contribution is -2.19. The summed E-state index contributed by atoms with van der Waals surface area (Å²) in [5.74, 6) is -2.61. The van der Waals surface area contributed by atoms with E-state index in [1.54, 1.807) is 30.3 Å². The molecule has 3 aromatic rings. The number of phenolic OH excluding ortho intramolecular Hbond substituents is 1. The van der Waals surface area contributed by atoms with Gasteiger partial charge in [-0.3, -0.25) is 0 Å². The van der Waals surface area contributed by atoms with Crippen molar-refractivity contribution in [3.8, 4) is 22.6 Å². The van der Waals surface area contributed by atoms with Gasteiger partial charge in [-0.1, -0.05) is 43.7 Å². The van der Waals surface area contributed by atoms with Crippen molar-refractivity contribution in [1.29, 1.82) is 0 Å². The topological polar surface area (TPSA) is 49.7 Å². The maximum Gasteiger partial charge on any atom is 0.201 e. The van der Waals surface area contributed by atoms with Gasteiger partial charge >= 0.3 is 0 Å². The molecule has 0 spiro atoms. The molecule has 186 valence electrons. The van der Waals surface area contributed by atoms with Crippen LogP contribution >= 0.6 is 0 Å². The molecule has 3 aromatic carbocycles. The van der Waals surface area contributed by atoms with Crippen molar-refractivity contribution in [2.45, 2.75) is 57.5 Å². The van der Waals surface area contributed by atoms with E-state index in [1.807, 2.05) is 6.92 Å². The molecule has 1 unspecified atom stereocenters. The number of phenols is 1. The molecule has 1 fully saturated rings. The highest BCUT2D eigenvalue weighted by atomic mass is 19.2. The fourth-order valence-corrected chi connectivity index (χ4v) is 4.84. The van der Waals surface area contributed by atoms with Crippen LogP contribution in [-0.2, 0) is 0 Å². The van der Waals surface area contributed by atoms with Crippen molar-refractivity contribution in [2.75, 3.05) is 6.61 Å². The number of benzene rings is 3. The highest BCUT2D eigenvalue weighted by molar-refractivity contribution is 5.65. The minimum absolute atomic E-state index is 0.107. The molecule has 1 aliphatic carbocycles. The predicted molar refractivity (Wildman–Crippen MR) is 130 cm³/mol. The summed E-state index contributed by atoms with van der Waals surface area (Å²) in [6.45, 7) is 2.28. The van der Waals surface area contributed by atoms with E-state index in [4.69, 9.17) is 4.74 Å². The Labute approximate surface area is 204 Å². The molecular weight excluding hydrogens is 453 g/mol. The van der Waals surface area contributed by atoms with Gasteiger partial charge in [0.1, 0.15) is 0 Å².